The normalized spacial score (nSPS) is 12.3. The molecule has 1 aromatic heterocycles. The second-order valence-electron chi connectivity index (χ2n) is 5.17. The van der Waals surface area contributed by atoms with Gasteiger partial charge in [-0.15, -0.1) is 0 Å². The first-order chi connectivity index (χ1) is 10.5. The highest BCUT2D eigenvalue weighted by atomic mass is 16.5. The molecule has 7 nitrogen and oxygen atoms in total. The lowest BCUT2D eigenvalue weighted by molar-refractivity contribution is -0.133. The predicted molar refractivity (Wildman–Crippen MR) is 82.9 cm³/mol. The van der Waals surface area contributed by atoms with Crippen molar-refractivity contribution in [2.24, 2.45) is 0 Å². The number of ether oxygens (including phenoxy) is 1. The third-order valence-electron chi connectivity index (χ3n) is 3.66. The van der Waals surface area contributed by atoms with Gasteiger partial charge in [0, 0.05) is 14.2 Å². The number of hydrogen-bond donors (Lipinski definition) is 1. The van der Waals surface area contributed by atoms with E-state index >= 15 is 0 Å². The molecular formula is C15H19N3O4. The molecule has 0 saturated heterocycles. The zero-order chi connectivity index (χ0) is 16.3. The second kappa shape index (κ2) is 6.57. The predicted octanol–water partition coefficient (Wildman–Crippen LogP) is 0.183. The van der Waals surface area contributed by atoms with Gasteiger partial charge in [-0.05, 0) is 19.1 Å². The van der Waals surface area contributed by atoms with Crippen LogP contribution in [-0.2, 0) is 16.1 Å². The first kappa shape index (κ1) is 16.0. The summed E-state index contributed by atoms with van der Waals surface area (Å²) >= 11 is 0. The summed E-state index contributed by atoms with van der Waals surface area (Å²) in [6, 6.07) is 6.59. The highest BCUT2D eigenvalue weighted by molar-refractivity contribution is 5.81. The molecule has 1 heterocycles. The van der Waals surface area contributed by atoms with Crippen molar-refractivity contribution in [3.8, 4) is 0 Å². The summed E-state index contributed by atoms with van der Waals surface area (Å²) in [6.07, 6.45) is 0. The monoisotopic (exact) mass is 305 g/mol. The number of nitrogens with one attached hydrogen (secondary N) is 1. The van der Waals surface area contributed by atoms with E-state index in [9.17, 15) is 14.4 Å². The highest BCUT2D eigenvalue weighted by Gasteiger charge is 2.18. The van der Waals surface area contributed by atoms with Crippen LogP contribution in [0, 0.1) is 0 Å². The van der Waals surface area contributed by atoms with Crippen LogP contribution in [0.25, 0.3) is 10.9 Å². The largest absolute Gasteiger partial charge is 0.383 e. The molecule has 2 aromatic rings. The van der Waals surface area contributed by atoms with Crippen molar-refractivity contribution in [2.45, 2.75) is 19.5 Å². The lowest BCUT2D eigenvalue weighted by atomic mass is 10.2. The molecule has 1 N–H and O–H groups in total. The minimum absolute atomic E-state index is 0.109. The number of amides is 1. The maximum Gasteiger partial charge on any atom is 0.329 e. The number of rotatable bonds is 5. The molecular weight excluding hydrogens is 286 g/mol. The van der Waals surface area contributed by atoms with E-state index in [-0.39, 0.29) is 18.5 Å². The summed E-state index contributed by atoms with van der Waals surface area (Å²) in [7, 11) is 3.22. The van der Waals surface area contributed by atoms with Gasteiger partial charge in [0.2, 0.25) is 5.91 Å². The molecule has 1 aromatic carbocycles. The number of nitrogens with zero attached hydrogens (tertiary/aromatic N) is 2. The van der Waals surface area contributed by atoms with Crippen molar-refractivity contribution in [3.05, 3.63) is 45.1 Å². The lowest BCUT2D eigenvalue weighted by Gasteiger charge is -2.24. The Morgan fingerprint density at radius 2 is 2.05 bits per heavy atom. The number of likely N-dealkylation sites (N-methyl/N-ethyl adjacent to an activating group) is 1. The quantitative estimate of drug-likeness (QED) is 0.854. The molecule has 1 atom stereocenters. The molecule has 118 valence electrons. The standard InChI is InChI=1S/C15H19N3O4/c1-10(9-22-3)17(2)13(19)8-18-12-7-5-4-6-11(12)14(20)16-15(18)21/h4-7,10H,8-9H2,1-3H3,(H,16,20,21)/t10-/m0/s1. The number of benzene rings is 1. The van der Waals surface area contributed by atoms with E-state index in [1.54, 1.807) is 38.4 Å². The zero-order valence-electron chi connectivity index (χ0n) is 12.8. The number of carbonyl (C=O) groups is 1. The van der Waals surface area contributed by atoms with Crippen molar-refractivity contribution in [1.29, 1.82) is 0 Å². The molecule has 0 saturated carbocycles. The Morgan fingerprint density at radius 3 is 2.73 bits per heavy atom. The SMILES string of the molecule is COC[C@H](C)N(C)C(=O)Cn1c(=O)[nH]c(=O)c2ccccc21. The van der Waals surface area contributed by atoms with E-state index < -0.39 is 11.2 Å². The molecule has 0 unspecified atom stereocenters. The minimum atomic E-state index is -0.593. The van der Waals surface area contributed by atoms with Gasteiger partial charge in [-0.2, -0.15) is 0 Å². The Balaban J connectivity index is 2.38. The van der Waals surface area contributed by atoms with Crippen LogP contribution >= 0.6 is 0 Å². The van der Waals surface area contributed by atoms with Gasteiger partial charge in [0.25, 0.3) is 5.56 Å². The summed E-state index contributed by atoms with van der Waals surface area (Å²) < 4.78 is 6.30. The number of para-hydroxylation sites is 1. The van der Waals surface area contributed by atoms with Gasteiger partial charge in [-0.3, -0.25) is 19.1 Å². The van der Waals surface area contributed by atoms with Crippen molar-refractivity contribution < 1.29 is 9.53 Å². The number of H-pyrrole nitrogens is 1. The van der Waals surface area contributed by atoms with Gasteiger partial charge in [0.1, 0.15) is 6.54 Å². The van der Waals surface area contributed by atoms with E-state index in [0.29, 0.717) is 17.5 Å². The molecule has 0 fully saturated rings. The van der Waals surface area contributed by atoms with Gasteiger partial charge in [0.05, 0.1) is 23.6 Å². The van der Waals surface area contributed by atoms with Crippen LogP contribution in [0.2, 0.25) is 0 Å². The maximum absolute atomic E-state index is 12.3. The third-order valence-corrected chi connectivity index (χ3v) is 3.66. The van der Waals surface area contributed by atoms with Crippen molar-refractivity contribution in [3.63, 3.8) is 0 Å². The average molecular weight is 305 g/mol. The summed E-state index contributed by atoms with van der Waals surface area (Å²) in [5.41, 5.74) is -0.604. The lowest BCUT2D eigenvalue weighted by Crippen LogP contribution is -2.42. The second-order valence-corrected chi connectivity index (χ2v) is 5.17. The van der Waals surface area contributed by atoms with Gasteiger partial charge in [0.15, 0.2) is 0 Å². The molecule has 0 aliphatic carbocycles. The van der Waals surface area contributed by atoms with Crippen LogP contribution in [0.4, 0.5) is 0 Å². The first-order valence-corrected chi connectivity index (χ1v) is 6.92. The Labute approximate surface area is 127 Å². The molecule has 2 rings (SSSR count). The van der Waals surface area contributed by atoms with E-state index in [2.05, 4.69) is 4.98 Å². The molecule has 0 aliphatic heterocycles. The van der Waals surface area contributed by atoms with Crippen LogP contribution < -0.4 is 11.2 Å². The van der Waals surface area contributed by atoms with Gasteiger partial charge in [-0.25, -0.2) is 4.79 Å². The number of aromatic amines is 1. The van der Waals surface area contributed by atoms with Crippen LogP contribution in [0.5, 0.6) is 0 Å². The maximum atomic E-state index is 12.3. The van der Waals surface area contributed by atoms with E-state index in [1.807, 2.05) is 6.92 Å². The fourth-order valence-corrected chi connectivity index (χ4v) is 2.24. The molecule has 0 spiro atoms. The summed E-state index contributed by atoms with van der Waals surface area (Å²) in [4.78, 5) is 39.9. The molecule has 0 radical (unpaired) electrons. The Kier molecular flexibility index (Phi) is 4.77. The van der Waals surface area contributed by atoms with E-state index in [1.165, 1.54) is 9.47 Å². The molecule has 1 amide bonds. The summed E-state index contributed by atoms with van der Waals surface area (Å²) in [5.74, 6) is -0.233. The van der Waals surface area contributed by atoms with Crippen molar-refractivity contribution >= 4 is 16.8 Å². The molecule has 0 aliphatic rings. The van der Waals surface area contributed by atoms with Crippen LogP contribution in [0.1, 0.15) is 6.92 Å². The first-order valence-electron chi connectivity index (χ1n) is 6.92. The fourth-order valence-electron chi connectivity index (χ4n) is 2.24. The highest BCUT2D eigenvalue weighted by Crippen LogP contribution is 2.07. The number of hydrogen-bond acceptors (Lipinski definition) is 4. The van der Waals surface area contributed by atoms with Crippen LogP contribution in [-0.4, -0.2) is 47.2 Å². The average Bonchev–Trinajstić information content (AvgIpc) is 2.50. The summed E-state index contributed by atoms with van der Waals surface area (Å²) in [5, 5.41) is 0.377. The summed E-state index contributed by atoms with van der Waals surface area (Å²) in [6.45, 7) is 2.12. The van der Waals surface area contributed by atoms with Crippen LogP contribution in [0.15, 0.2) is 33.9 Å². The minimum Gasteiger partial charge on any atom is -0.383 e. The van der Waals surface area contributed by atoms with Gasteiger partial charge in [-0.1, -0.05) is 12.1 Å². The third kappa shape index (κ3) is 3.09. The van der Waals surface area contributed by atoms with E-state index in [4.69, 9.17) is 4.74 Å². The number of fused-ring (bicyclic) bond motifs is 1. The Bertz CT molecular complexity index is 793. The topological polar surface area (TPSA) is 84.4 Å². The Hall–Kier alpha value is -2.41. The smallest absolute Gasteiger partial charge is 0.329 e. The molecule has 0 bridgehead atoms. The van der Waals surface area contributed by atoms with Crippen molar-refractivity contribution in [1.82, 2.24) is 14.5 Å². The van der Waals surface area contributed by atoms with Gasteiger partial charge < -0.3 is 9.64 Å². The number of methoxy groups -OCH3 is 1. The van der Waals surface area contributed by atoms with Crippen LogP contribution in [0.3, 0.4) is 0 Å². The molecule has 22 heavy (non-hydrogen) atoms. The molecule has 7 heteroatoms. The van der Waals surface area contributed by atoms with E-state index in [0.717, 1.165) is 0 Å². The van der Waals surface area contributed by atoms with Crippen molar-refractivity contribution in [2.75, 3.05) is 20.8 Å². The number of carbonyl (C=O) groups excluding carboxylic acids is 1. The van der Waals surface area contributed by atoms with Gasteiger partial charge >= 0.3 is 5.69 Å². The number of aromatic nitrogens is 2. The fraction of sp³-hybridized carbons (Fsp3) is 0.400. The zero-order valence-corrected chi connectivity index (χ0v) is 12.8. The Morgan fingerprint density at radius 1 is 1.36 bits per heavy atom.